The molecule has 4 aromatic rings. The number of nitriles is 1. The van der Waals surface area contributed by atoms with Crippen LogP contribution < -0.4 is 0 Å². The molecular weight excluding hydrogens is 355 g/mol. The summed E-state index contributed by atoms with van der Waals surface area (Å²) >= 11 is 0. The molecule has 138 valence electrons. The zero-order valence-corrected chi connectivity index (χ0v) is 15.4. The van der Waals surface area contributed by atoms with Gasteiger partial charge in [-0.1, -0.05) is 24.3 Å². The second-order valence-corrected chi connectivity index (χ2v) is 7.07. The van der Waals surface area contributed by atoms with Gasteiger partial charge in [-0.2, -0.15) is 5.26 Å². The summed E-state index contributed by atoms with van der Waals surface area (Å²) in [5.41, 5.74) is 2.96. The van der Waals surface area contributed by atoms with Gasteiger partial charge < -0.3 is 5.11 Å². The van der Waals surface area contributed by atoms with E-state index in [0.717, 1.165) is 16.8 Å². The van der Waals surface area contributed by atoms with E-state index in [9.17, 15) is 14.8 Å². The Labute approximate surface area is 161 Å². The molecule has 0 saturated heterocycles. The first-order valence-corrected chi connectivity index (χ1v) is 8.74. The molecule has 5 nitrogen and oxygen atoms in total. The van der Waals surface area contributed by atoms with Crippen molar-refractivity contribution in [3.05, 3.63) is 78.0 Å². The Balaban J connectivity index is 1.82. The molecule has 0 bridgehead atoms. The van der Waals surface area contributed by atoms with E-state index in [0.29, 0.717) is 17.0 Å². The summed E-state index contributed by atoms with van der Waals surface area (Å²) in [6, 6.07) is 15.6. The Morgan fingerprint density at radius 2 is 1.89 bits per heavy atom. The fourth-order valence-electron chi connectivity index (χ4n) is 3.13. The van der Waals surface area contributed by atoms with Crippen LogP contribution in [0, 0.1) is 17.1 Å². The predicted octanol–water partition coefficient (Wildman–Crippen LogP) is 4.30. The van der Waals surface area contributed by atoms with Gasteiger partial charge in [0, 0.05) is 11.8 Å². The summed E-state index contributed by atoms with van der Waals surface area (Å²) in [4.78, 5) is 8.78. The fourth-order valence-corrected chi connectivity index (χ4v) is 3.13. The molecule has 0 unspecified atom stereocenters. The molecule has 0 amide bonds. The van der Waals surface area contributed by atoms with Crippen molar-refractivity contribution < 1.29 is 9.50 Å². The molecule has 6 heteroatoms. The number of benzene rings is 2. The summed E-state index contributed by atoms with van der Waals surface area (Å²) in [5, 5.41) is 19.5. The fraction of sp³-hybridized carbons (Fsp3) is 0.136. The number of halogens is 1. The van der Waals surface area contributed by atoms with Gasteiger partial charge in [-0.05, 0) is 49.2 Å². The van der Waals surface area contributed by atoms with Gasteiger partial charge in [-0.15, -0.1) is 0 Å². The first kappa shape index (κ1) is 17.8. The highest BCUT2D eigenvalue weighted by atomic mass is 19.1. The van der Waals surface area contributed by atoms with Crippen molar-refractivity contribution in [3.8, 4) is 28.5 Å². The Morgan fingerprint density at radius 3 is 2.64 bits per heavy atom. The molecule has 2 heterocycles. The smallest absolute Gasteiger partial charge is 0.234 e. The predicted molar refractivity (Wildman–Crippen MR) is 104 cm³/mol. The van der Waals surface area contributed by atoms with Gasteiger partial charge in [0.25, 0.3) is 0 Å². The van der Waals surface area contributed by atoms with E-state index in [1.807, 2.05) is 40.9 Å². The summed E-state index contributed by atoms with van der Waals surface area (Å²) < 4.78 is 15.3. The molecule has 2 aromatic carbocycles. The van der Waals surface area contributed by atoms with Crippen LogP contribution in [0.15, 0.2) is 60.9 Å². The maximum atomic E-state index is 13.5. The van der Waals surface area contributed by atoms with E-state index in [1.165, 1.54) is 12.1 Å². The van der Waals surface area contributed by atoms with Crippen LogP contribution in [0.1, 0.15) is 25.1 Å². The quantitative estimate of drug-likeness (QED) is 0.582. The summed E-state index contributed by atoms with van der Waals surface area (Å²) in [6.45, 7) is 3.35. The third kappa shape index (κ3) is 3.13. The van der Waals surface area contributed by atoms with Crippen LogP contribution in [0.2, 0.25) is 0 Å². The molecule has 0 radical (unpaired) electrons. The van der Waals surface area contributed by atoms with Crippen LogP contribution in [-0.4, -0.2) is 19.5 Å². The molecule has 2 aromatic heterocycles. The molecule has 0 aliphatic heterocycles. The lowest BCUT2D eigenvalue weighted by molar-refractivity contribution is 0.0739. The van der Waals surface area contributed by atoms with Crippen molar-refractivity contribution in [3.63, 3.8) is 0 Å². The van der Waals surface area contributed by atoms with E-state index in [-0.39, 0.29) is 5.56 Å². The highest BCUT2D eigenvalue weighted by Crippen LogP contribution is 2.29. The van der Waals surface area contributed by atoms with Crippen molar-refractivity contribution in [2.24, 2.45) is 0 Å². The van der Waals surface area contributed by atoms with Gasteiger partial charge in [0.2, 0.25) is 5.78 Å². The number of nitrogens with zero attached hydrogens (tertiary/aromatic N) is 4. The van der Waals surface area contributed by atoms with Crippen molar-refractivity contribution in [2.45, 2.75) is 19.4 Å². The maximum Gasteiger partial charge on any atom is 0.234 e. The third-order valence-corrected chi connectivity index (χ3v) is 4.58. The second-order valence-electron chi connectivity index (χ2n) is 7.07. The molecule has 0 atom stereocenters. The highest BCUT2D eigenvalue weighted by Gasteiger charge is 2.19. The SMILES string of the molecule is CC(C)(O)c1ccn2c(-c3cccc(-c4ccc(F)cc4C#N)c3)cnc2n1. The number of fused-ring (bicyclic) bond motifs is 1. The van der Waals surface area contributed by atoms with Gasteiger partial charge in [0.05, 0.1) is 29.2 Å². The first-order valence-electron chi connectivity index (χ1n) is 8.74. The van der Waals surface area contributed by atoms with Crippen LogP contribution >= 0.6 is 0 Å². The number of imidazole rings is 1. The van der Waals surface area contributed by atoms with Gasteiger partial charge in [0.1, 0.15) is 11.4 Å². The number of rotatable bonds is 3. The molecule has 0 saturated carbocycles. The van der Waals surface area contributed by atoms with Crippen LogP contribution in [0.5, 0.6) is 0 Å². The molecule has 4 rings (SSSR count). The number of hydrogen-bond donors (Lipinski definition) is 1. The number of hydrogen-bond acceptors (Lipinski definition) is 4. The van der Waals surface area contributed by atoms with Crippen molar-refractivity contribution in [1.29, 1.82) is 5.26 Å². The first-order chi connectivity index (χ1) is 13.4. The lowest BCUT2D eigenvalue weighted by Crippen LogP contribution is -2.18. The maximum absolute atomic E-state index is 13.5. The minimum absolute atomic E-state index is 0.284. The molecule has 28 heavy (non-hydrogen) atoms. The standard InChI is InChI=1S/C22H17FN4O/c1-22(2,28)20-8-9-27-19(13-25-21(27)26-20)15-5-3-4-14(10-15)18-7-6-17(23)11-16(18)12-24/h3-11,13,28H,1-2H3. The topological polar surface area (TPSA) is 74.2 Å². The van der Waals surface area contributed by atoms with Gasteiger partial charge in [-0.3, -0.25) is 4.40 Å². The minimum Gasteiger partial charge on any atom is -0.384 e. The van der Waals surface area contributed by atoms with Crippen molar-refractivity contribution >= 4 is 5.78 Å². The lowest BCUT2D eigenvalue weighted by atomic mass is 9.98. The monoisotopic (exact) mass is 372 g/mol. The molecule has 1 N–H and O–H groups in total. The average Bonchev–Trinajstić information content (AvgIpc) is 3.10. The third-order valence-electron chi connectivity index (χ3n) is 4.58. The second kappa shape index (κ2) is 6.55. The minimum atomic E-state index is -1.05. The van der Waals surface area contributed by atoms with Crippen molar-refractivity contribution in [1.82, 2.24) is 14.4 Å². The van der Waals surface area contributed by atoms with E-state index < -0.39 is 11.4 Å². The molecule has 0 aliphatic carbocycles. The number of aliphatic hydroxyl groups is 1. The zero-order valence-electron chi connectivity index (χ0n) is 15.4. The number of aromatic nitrogens is 3. The van der Waals surface area contributed by atoms with Gasteiger partial charge in [-0.25, -0.2) is 14.4 Å². The van der Waals surface area contributed by atoms with Crippen molar-refractivity contribution in [2.75, 3.05) is 0 Å². The van der Waals surface area contributed by atoms with E-state index >= 15 is 0 Å². The van der Waals surface area contributed by atoms with Crippen LogP contribution in [-0.2, 0) is 5.60 Å². The van der Waals surface area contributed by atoms with Gasteiger partial charge >= 0.3 is 0 Å². The Hall–Kier alpha value is -3.56. The van der Waals surface area contributed by atoms with Crippen LogP contribution in [0.4, 0.5) is 4.39 Å². The normalized spacial score (nSPS) is 11.5. The molecular formula is C22H17FN4O. The Kier molecular flexibility index (Phi) is 4.17. The molecule has 0 fully saturated rings. The molecule has 0 aliphatic rings. The zero-order chi connectivity index (χ0) is 19.9. The largest absolute Gasteiger partial charge is 0.384 e. The lowest BCUT2D eigenvalue weighted by Gasteiger charge is -2.16. The summed E-state index contributed by atoms with van der Waals surface area (Å²) in [5.74, 6) is 0.0476. The highest BCUT2D eigenvalue weighted by molar-refractivity contribution is 5.76. The van der Waals surface area contributed by atoms with E-state index in [1.54, 1.807) is 32.2 Å². The van der Waals surface area contributed by atoms with Gasteiger partial charge in [0.15, 0.2) is 0 Å². The average molecular weight is 372 g/mol. The van der Waals surface area contributed by atoms with E-state index in [4.69, 9.17) is 0 Å². The van der Waals surface area contributed by atoms with Crippen LogP contribution in [0.3, 0.4) is 0 Å². The Morgan fingerprint density at radius 1 is 1.11 bits per heavy atom. The van der Waals surface area contributed by atoms with Crippen LogP contribution in [0.25, 0.3) is 28.2 Å². The van der Waals surface area contributed by atoms with E-state index in [2.05, 4.69) is 9.97 Å². The summed E-state index contributed by atoms with van der Waals surface area (Å²) in [7, 11) is 0. The Bertz CT molecular complexity index is 1230. The summed E-state index contributed by atoms with van der Waals surface area (Å²) in [6.07, 6.45) is 3.54. The molecule has 0 spiro atoms.